The Kier molecular flexibility index (Phi) is 5.47. The van der Waals surface area contributed by atoms with Gasteiger partial charge in [0.25, 0.3) is 0 Å². The Bertz CT molecular complexity index is 463. The number of halogens is 3. The number of benzene rings is 1. The molecule has 1 heterocycles. The van der Waals surface area contributed by atoms with Gasteiger partial charge in [-0.15, -0.1) is 0 Å². The fourth-order valence-electron chi connectivity index (χ4n) is 2.31. The Morgan fingerprint density at radius 2 is 2.10 bits per heavy atom. The topological polar surface area (TPSA) is 44.5 Å². The fraction of sp³-hybridized carbons (Fsp3) is 0.600. The SMILES string of the molecule is NC(CCOCC(F)(F)F)CCc1ccc2c(c1)CCO2. The zero-order chi connectivity index (χ0) is 15.3. The molecular formula is C15H20F3NO2. The van der Waals surface area contributed by atoms with Crippen molar-refractivity contribution in [2.45, 2.75) is 37.9 Å². The summed E-state index contributed by atoms with van der Waals surface area (Å²) in [4.78, 5) is 0. The number of fused-ring (bicyclic) bond motifs is 1. The monoisotopic (exact) mass is 303 g/mol. The molecule has 118 valence electrons. The van der Waals surface area contributed by atoms with E-state index in [1.54, 1.807) is 0 Å². The van der Waals surface area contributed by atoms with Crippen LogP contribution < -0.4 is 10.5 Å². The van der Waals surface area contributed by atoms with Crippen LogP contribution in [0.15, 0.2) is 18.2 Å². The van der Waals surface area contributed by atoms with Crippen molar-refractivity contribution in [1.82, 2.24) is 0 Å². The summed E-state index contributed by atoms with van der Waals surface area (Å²) < 4.78 is 45.7. The maximum absolute atomic E-state index is 11.9. The number of hydrogen-bond donors (Lipinski definition) is 1. The lowest BCUT2D eigenvalue weighted by atomic mass is 10.0. The maximum Gasteiger partial charge on any atom is 0.411 e. The van der Waals surface area contributed by atoms with E-state index in [0.29, 0.717) is 6.42 Å². The number of hydrogen-bond acceptors (Lipinski definition) is 3. The number of aryl methyl sites for hydroxylation is 1. The predicted octanol–water partition coefficient (Wildman–Crippen LogP) is 2.85. The minimum atomic E-state index is -4.27. The highest BCUT2D eigenvalue weighted by atomic mass is 19.4. The largest absolute Gasteiger partial charge is 0.493 e. The first-order chi connectivity index (χ1) is 9.94. The van der Waals surface area contributed by atoms with Crippen molar-refractivity contribution in [3.05, 3.63) is 29.3 Å². The molecule has 1 aliphatic heterocycles. The van der Waals surface area contributed by atoms with Crippen LogP contribution in [0, 0.1) is 0 Å². The lowest BCUT2D eigenvalue weighted by Gasteiger charge is -2.13. The second-order valence-corrected chi connectivity index (χ2v) is 5.30. The zero-order valence-electron chi connectivity index (χ0n) is 11.8. The van der Waals surface area contributed by atoms with Gasteiger partial charge in [0.05, 0.1) is 6.61 Å². The first kappa shape index (κ1) is 16.1. The van der Waals surface area contributed by atoms with E-state index in [1.165, 1.54) is 11.1 Å². The van der Waals surface area contributed by atoms with Crippen molar-refractivity contribution in [1.29, 1.82) is 0 Å². The summed E-state index contributed by atoms with van der Waals surface area (Å²) in [6, 6.07) is 5.95. The van der Waals surface area contributed by atoms with E-state index < -0.39 is 12.8 Å². The van der Waals surface area contributed by atoms with E-state index in [9.17, 15) is 13.2 Å². The number of nitrogens with two attached hydrogens (primary N) is 1. The third-order valence-corrected chi connectivity index (χ3v) is 3.46. The Hall–Kier alpha value is -1.27. The summed E-state index contributed by atoms with van der Waals surface area (Å²) in [5.41, 5.74) is 8.30. The molecule has 0 radical (unpaired) electrons. The van der Waals surface area contributed by atoms with Crippen LogP contribution in [0.2, 0.25) is 0 Å². The number of alkyl halides is 3. The van der Waals surface area contributed by atoms with Gasteiger partial charge in [0.15, 0.2) is 0 Å². The van der Waals surface area contributed by atoms with Crippen molar-refractivity contribution >= 4 is 0 Å². The van der Waals surface area contributed by atoms with E-state index in [4.69, 9.17) is 10.5 Å². The molecule has 0 aliphatic carbocycles. The first-order valence-electron chi connectivity index (χ1n) is 7.09. The van der Waals surface area contributed by atoms with Crippen molar-refractivity contribution in [3.8, 4) is 5.75 Å². The second kappa shape index (κ2) is 7.13. The summed E-state index contributed by atoms with van der Waals surface area (Å²) in [5, 5.41) is 0. The van der Waals surface area contributed by atoms with Crippen LogP contribution in [0.1, 0.15) is 24.0 Å². The van der Waals surface area contributed by atoms with Gasteiger partial charge < -0.3 is 15.2 Å². The number of ether oxygens (including phenoxy) is 2. The van der Waals surface area contributed by atoms with Gasteiger partial charge in [0, 0.05) is 19.1 Å². The van der Waals surface area contributed by atoms with Gasteiger partial charge in [-0.25, -0.2) is 0 Å². The Morgan fingerprint density at radius 3 is 2.86 bits per heavy atom. The Labute approximate surface area is 122 Å². The van der Waals surface area contributed by atoms with Crippen LogP contribution in [-0.4, -0.2) is 32.0 Å². The molecule has 1 aliphatic rings. The average molecular weight is 303 g/mol. The smallest absolute Gasteiger partial charge is 0.411 e. The molecule has 0 saturated carbocycles. The molecule has 3 nitrogen and oxygen atoms in total. The molecule has 0 aromatic heterocycles. The van der Waals surface area contributed by atoms with Gasteiger partial charge in [-0.3, -0.25) is 0 Å². The normalized spacial score (nSPS) is 15.6. The van der Waals surface area contributed by atoms with Crippen LogP contribution in [0.25, 0.3) is 0 Å². The van der Waals surface area contributed by atoms with E-state index in [2.05, 4.69) is 10.8 Å². The summed E-state index contributed by atoms with van der Waals surface area (Å²) in [7, 11) is 0. The summed E-state index contributed by atoms with van der Waals surface area (Å²) in [5.74, 6) is 0.948. The second-order valence-electron chi connectivity index (χ2n) is 5.30. The van der Waals surface area contributed by atoms with Crippen molar-refractivity contribution in [3.63, 3.8) is 0 Å². The first-order valence-corrected chi connectivity index (χ1v) is 7.09. The van der Waals surface area contributed by atoms with E-state index in [0.717, 1.165) is 31.6 Å². The van der Waals surface area contributed by atoms with Crippen LogP contribution in [0.5, 0.6) is 5.75 Å². The molecule has 1 atom stereocenters. The third kappa shape index (κ3) is 5.55. The van der Waals surface area contributed by atoms with Crippen LogP contribution >= 0.6 is 0 Å². The van der Waals surface area contributed by atoms with Gasteiger partial charge in [-0.2, -0.15) is 13.2 Å². The quantitative estimate of drug-likeness (QED) is 0.788. The van der Waals surface area contributed by atoms with Crippen LogP contribution in [-0.2, 0) is 17.6 Å². The molecule has 0 amide bonds. The average Bonchev–Trinajstić information content (AvgIpc) is 2.87. The molecule has 0 bridgehead atoms. The standard InChI is InChI=1S/C15H20F3NO2/c16-15(17,18)10-20-7-6-13(19)3-1-11-2-4-14-12(9-11)5-8-21-14/h2,4,9,13H,1,3,5-8,10,19H2. The van der Waals surface area contributed by atoms with Crippen LogP contribution in [0.4, 0.5) is 13.2 Å². The van der Waals surface area contributed by atoms with Crippen molar-refractivity contribution in [2.75, 3.05) is 19.8 Å². The fourth-order valence-corrected chi connectivity index (χ4v) is 2.31. The van der Waals surface area contributed by atoms with Gasteiger partial charge in [-0.05, 0) is 36.5 Å². The molecule has 0 fully saturated rings. The molecule has 1 aromatic carbocycles. The summed E-state index contributed by atoms with van der Waals surface area (Å²) in [6.07, 6.45) is -1.36. The zero-order valence-corrected chi connectivity index (χ0v) is 11.8. The third-order valence-electron chi connectivity index (χ3n) is 3.46. The van der Waals surface area contributed by atoms with Gasteiger partial charge in [-0.1, -0.05) is 12.1 Å². The summed E-state index contributed by atoms with van der Waals surface area (Å²) >= 11 is 0. The highest BCUT2D eigenvalue weighted by molar-refractivity contribution is 5.39. The van der Waals surface area contributed by atoms with E-state index >= 15 is 0 Å². The molecule has 2 rings (SSSR count). The molecular weight excluding hydrogens is 283 g/mol. The summed E-state index contributed by atoms with van der Waals surface area (Å²) in [6.45, 7) is -0.432. The molecule has 2 N–H and O–H groups in total. The van der Waals surface area contributed by atoms with Gasteiger partial charge in [0.1, 0.15) is 12.4 Å². The lowest BCUT2D eigenvalue weighted by Crippen LogP contribution is -2.24. The minimum Gasteiger partial charge on any atom is -0.493 e. The molecule has 1 aromatic rings. The van der Waals surface area contributed by atoms with E-state index in [1.807, 2.05) is 12.1 Å². The maximum atomic E-state index is 11.9. The Morgan fingerprint density at radius 1 is 1.29 bits per heavy atom. The highest BCUT2D eigenvalue weighted by Crippen LogP contribution is 2.26. The van der Waals surface area contributed by atoms with E-state index in [-0.39, 0.29) is 12.6 Å². The molecule has 1 unspecified atom stereocenters. The number of rotatable bonds is 7. The van der Waals surface area contributed by atoms with Crippen molar-refractivity contribution < 1.29 is 22.6 Å². The highest BCUT2D eigenvalue weighted by Gasteiger charge is 2.27. The van der Waals surface area contributed by atoms with Crippen molar-refractivity contribution in [2.24, 2.45) is 5.73 Å². The Balaban J connectivity index is 1.66. The van der Waals surface area contributed by atoms with Crippen LogP contribution in [0.3, 0.4) is 0 Å². The van der Waals surface area contributed by atoms with Gasteiger partial charge >= 0.3 is 6.18 Å². The molecule has 21 heavy (non-hydrogen) atoms. The van der Waals surface area contributed by atoms with Gasteiger partial charge in [0.2, 0.25) is 0 Å². The lowest BCUT2D eigenvalue weighted by molar-refractivity contribution is -0.174. The molecule has 0 spiro atoms. The molecule has 0 saturated heterocycles. The minimum absolute atomic E-state index is 0.0404. The molecule has 6 heteroatoms. The predicted molar refractivity (Wildman–Crippen MR) is 73.4 cm³/mol.